The summed E-state index contributed by atoms with van der Waals surface area (Å²) in [5.74, 6) is 5.49. The van der Waals surface area contributed by atoms with E-state index in [9.17, 15) is 5.11 Å². The number of nitrogens with two attached hydrogens (primary N) is 2. The molecule has 5 N–H and O–H groups in total. The minimum Gasteiger partial charge on any atom is -0.389 e. The van der Waals surface area contributed by atoms with Gasteiger partial charge in [0.15, 0.2) is 5.17 Å². The lowest BCUT2D eigenvalue weighted by Gasteiger charge is -2.23. The molecule has 12 heavy (non-hydrogen) atoms. The smallest absolute Gasteiger partial charge is 0.177 e. The Hall–Kier alpha value is -0.420. The number of thioether (sulfide) groups is 1. The first-order chi connectivity index (χ1) is 5.58. The Bertz CT molecular complexity index is 157. The Morgan fingerprint density at radius 3 is 2.33 bits per heavy atom. The Morgan fingerprint density at radius 2 is 2.00 bits per heavy atom. The van der Waals surface area contributed by atoms with Crippen molar-refractivity contribution in [2.45, 2.75) is 32.3 Å². The van der Waals surface area contributed by atoms with E-state index in [0.29, 0.717) is 23.8 Å². The van der Waals surface area contributed by atoms with Gasteiger partial charge in [-0.05, 0) is 12.8 Å². The van der Waals surface area contributed by atoms with Gasteiger partial charge in [0.25, 0.3) is 0 Å². The van der Waals surface area contributed by atoms with Crippen LogP contribution in [0, 0.1) is 0 Å². The van der Waals surface area contributed by atoms with Gasteiger partial charge in [0, 0.05) is 5.75 Å². The van der Waals surface area contributed by atoms with Crippen molar-refractivity contribution in [2.75, 3.05) is 5.75 Å². The summed E-state index contributed by atoms with van der Waals surface area (Å²) in [4.78, 5) is 0. The molecule has 0 saturated carbocycles. The highest BCUT2D eigenvalue weighted by Gasteiger charge is 2.22. The van der Waals surface area contributed by atoms with Crippen LogP contribution in [0.15, 0.2) is 5.10 Å². The molecule has 0 amide bonds. The van der Waals surface area contributed by atoms with Crippen molar-refractivity contribution in [3.05, 3.63) is 0 Å². The summed E-state index contributed by atoms with van der Waals surface area (Å²) in [6.07, 6.45) is 1.43. The molecular weight excluding hydrogens is 174 g/mol. The molecule has 0 spiro atoms. The van der Waals surface area contributed by atoms with E-state index < -0.39 is 5.60 Å². The number of hydrogen-bond acceptors (Lipinski definition) is 4. The zero-order chi connectivity index (χ0) is 9.61. The number of hydrazone groups is 1. The van der Waals surface area contributed by atoms with E-state index in [2.05, 4.69) is 5.10 Å². The standard InChI is InChI=1S/C7H17N3OS/c1-3-7(11,4-2)5-12-6(8)10-9/h11H,3-5,9H2,1-2H3,(H2,8,10). The Balaban J connectivity index is 3.89. The molecule has 0 heterocycles. The average Bonchev–Trinajstić information content (AvgIpc) is 2.13. The molecule has 5 heteroatoms. The molecule has 0 aliphatic carbocycles. The lowest BCUT2D eigenvalue weighted by Crippen LogP contribution is -2.31. The lowest BCUT2D eigenvalue weighted by atomic mass is 10.0. The second-order valence-corrected chi connectivity index (χ2v) is 3.68. The van der Waals surface area contributed by atoms with Crippen LogP contribution in [0.1, 0.15) is 26.7 Å². The number of rotatable bonds is 4. The number of amidine groups is 1. The summed E-state index contributed by atoms with van der Waals surface area (Å²) < 4.78 is 0. The molecule has 0 rings (SSSR count). The second-order valence-electron chi connectivity index (χ2n) is 2.69. The molecule has 0 fully saturated rings. The van der Waals surface area contributed by atoms with Crippen molar-refractivity contribution in [3.63, 3.8) is 0 Å². The highest BCUT2D eigenvalue weighted by molar-refractivity contribution is 8.13. The summed E-state index contributed by atoms with van der Waals surface area (Å²) in [7, 11) is 0. The van der Waals surface area contributed by atoms with Gasteiger partial charge >= 0.3 is 0 Å². The molecule has 0 radical (unpaired) electrons. The quantitative estimate of drug-likeness (QED) is 0.261. The van der Waals surface area contributed by atoms with E-state index in [1.54, 1.807) is 0 Å². The fourth-order valence-electron chi connectivity index (χ4n) is 0.700. The third-order valence-corrected chi connectivity index (χ3v) is 3.02. The monoisotopic (exact) mass is 191 g/mol. The van der Waals surface area contributed by atoms with Crippen molar-refractivity contribution >= 4 is 16.9 Å². The van der Waals surface area contributed by atoms with E-state index in [0.717, 1.165) is 0 Å². The number of aliphatic hydroxyl groups is 1. The van der Waals surface area contributed by atoms with Gasteiger partial charge < -0.3 is 16.7 Å². The first-order valence-corrected chi connectivity index (χ1v) is 4.95. The van der Waals surface area contributed by atoms with Gasteiger partial charge in [-0.25, -0.2) is 0 Å². The third kappa shape index (κ3) is 3.82. The maximum atomic E-state index is 9.80. The topological polar surface area (TPSA) is 84.6 Å². The fraction of sp³-hybridized carbons (Fsp3) is 0.857. The minimum absolute atomic E-state index is 0.315. The number of hydrogen-bond donors (Lipinski definition) is 3. The summed E-state index contributed by atoms with van der Waals surface area (Å²) >= 11 is 1.29. The van der Waals surface area contributed by atoms with Crippen LogP contribution in [0.25, 0.3) is 0 Å². The van der Waals surface area contributed by atoms with Gasteiger partial charge in [-0.2, -0.15) is 5.10 Å². The Labute approximate surface area is 77.4 Å². The Morgan fingerprint density at radius 1 is 1.50 bits per heavy atom. The molecule has 72 valence electrons. The molecule has 0 unspecified atom stereocenters. The average molecular weight is 191 g/mol. The summed E-state index contributed by atoms with van der Waals surface area (Å²) in [5, 5.41) is 13.4. The maximum absolute atomic E-state index is 9.80. The Kier molecular flexibility index (Phi) is 5.08. The molecular formula is C7H17N3OS. The molecule has 0 aliphatic heterocycles. The third-order valence-electron chi connectivity index (χ3n) is 1.93. The van der Waals surface area contributed by atoms with Crippen LogP contribution in [-0.2, 0) is 0 Å². The van der Waals surface area contributed by atoms with Gasteiger partial charge in [-0.3, -0.25) is 0 Å². The fourth-order valence-corrected chi connectivity index (χ4v) is 1.60. The van der Waals surface area contributed by atoms with Gasteiger partial charge in [0.2, 0.25) is 0 Å². The first-order valence-electron chi connectivity index (χ1n) is 3.96. The van der Waals surface area contributed by atoms with E-state index in [4.69, 9.17) is 11.6 Å². The highest BCUT2D eigenvalue weighted by Crippen LogP contribution is 2.20. The normalized spacial score (nSPS) is 13.4. The second kappa shape index (κ2) is 5.27. The van der Waals surface area contributed by atoms with Crippen LogP contribution in [0.5, 0.6) is 0 Å². The lowest BCUT2D eigenvalue weighted by molar-refractivity contribution is 0.0574. The van der Waals surface area contributed by atoms with Gasteiger partial charge in [0.1, 0.15) is 0 Å². The minimum atomic E-state index is -0.639. The van der Waals surface area contributed by atoms with E-state index in [1.807, 2.05) is 13.8 Å². The summed E-state index contributed by atoms with van der Waals surface area (Å²) in [5.41, 5.74) is 4.73. The first kappa shape index (κ1) is 11.6. The molecule has 0 aromatic carbocycles. The van der Waals surface area contributed by atoms with E-state index in [-0.39, 0.29) is 0 Å². The van der Waals surface area contributed by atoms with Crippen molar-refractivity contribution in [1.82, 2.24) is 0 Å². The van der Waals surface area contributed by atoms with Gasteiger partial charge in [0.05, 0.1) is 5.60 Å². The van der Waals surface area contributed by atoms with Crippen LogP contribution in [0.4, 0.5) is 0 Å². The van der Waals surface area contributed by atoms with Gasteiger partial charge in [-0.15, -0.1) is 0 Å². The van der Waals surface area contributed by atoms with E-state index in [1.165, 1.54) is 11.8 Å². The highest BCUT2D eigenvalue weighted by atomic mass is 32.2. The van der Waals surface area contributed by atoms with Crippen molar-refractivity contribution < 1.29 is 5.11 Å². The summed E-state index contributed by atoms with van der Waals surface area (Å²) in [6, 6.07) is 0. The van der Waals surface area contributed by atoms with E-state index >= 15 is 0 Å². The van der Waals surface area contributed by atoms with Crippen LogP contribution in [0.2, 0.25) is 0 Å². The molecule has 0 aromatic rings. The van der Waals surface area contributed by atoms with Crippen LogP contribution in [0.3, 0.4) is 0 Å². The molecule has 0 saturated heterocycles. The zero-order valence-corrected chi connectivity index (χ0v) is 8.40. The van der Waals surface area contributed by atoms with Crippen LogP contribution in [-0.4, -0.2) is 21.6 Å². The van der Waals surface area contributed by atoms with Crippen molar-refractivity contribution in [3.8, 4) is 0 Å². The van der Waals surface area contributed by atoms with Gasteiger partial charge in [-0.1, -0.05) is 25.6 Å². The predicted molar refractivity (Wildman–Crippen MR) is 53.8 cm³/mol. The van der Waals surface area contributed by atoms with Crippen LogP contribution >= 0.6 is 11.8 Å². The molecule has 4 nitrogen and oxygen atoms in total. The predicted octanol–water partition coefficient (Wildman–Crippen LogP) is 0.459. The van der Waals surface area contributed by atoms with Crippen molar-refractivity contribution in [2.24, 2.45) is 16.7 Å². The maximum Gasteiger partial charge on any atom is 0.177 e. The summed E-state index contributed by atoms with van der Waals surface area (Å²) in [6.45, 7) is 3.89. The number of nitrogens with zero attached hydrogens (tertiary/aromatic N) is 1. The SMILES string of the molecule is CCC(O)(CC)CSC(N)=NN. The molecule has 0 aliphatic rings. The molecule has 0 atom stereocenters. The van der Waals surface area contributed by atoms with Crippen LogP contribution < -0.4 is 11.6 Å². The zero-order valence-electron chi connectivity index (χ0n) is 7.58. The molecule has 0 bridgehead atoms. The molecule has 0 aromatic heterocycles. The largest absolute Gasteiger partial charge is 0.389 e. The van der Waals surface area contributed by atoms with Crippen molar-refractivity contribution in [1.29, 1.82) is 0 Å².